The molecule has 2 fully saturated rings. The summed E-state index contributed by atoms with van der Waals surface area (Å²) in [6.45, 7) is 5.60. The summed E-state index contributed by atoms with van der Waals surface area (Å²) in [6, 6.07) is 0. The summed E-state index contributed by atoms with van der Waals surface area (Å²) in [5, 5.41) is 3.99. The van der Waals surface area contributed by atoms with Crippen LogP contribution >= 0.6 is 0 Å². The van der Waals surface area contributed by atoms with Gasteiger partial charge >= 0.3 is 0 Å². The normalized spacial score (nSPS) is 19.3. The minimum absolute atomic E-state index is 0.0525. The van der Waals surface area contributed by atoms with Crippen LogP contribution < -0.4 is 10.9 Å². The Morgan fingerprint density at radius 1 is 1.00 bits per heavy atom. The number of fused-ring (bicyclic) bond motifs is 1. The van der Waals surface area contributed by atoms with Crippen LogP contribution in [0.15, 0.2) is 17.3 Å². The highest BCUT2D eigenvalue weighted by atomic mass is 16.1. The number of aromatic nitrogens is 3. The number of likely N-dealkylation sites (tertiary alicyclic amines) is 1. The van der Waals surface area contributed by atoms with Crippen molar-refractivity contribution in [3.05, 3.63) is 28.4 Å². The molecule has 2 aliphatic heterocycles. The first-order chi connectivity index (χ1) is 11.3. The number of nitrogens with one attached hydrogen (secondary N) is 3. The number of nitrogens with zero attached hydrogens (tertiary/aromatic N) is 2. The van der Waals surface area contributed by atoms with E-state index in [1.54, 1.807) is 0 Å². The van der Waals surface area contributed by atoms with Gasteiger partial charge in [0.25, 0.3) is 5.56 Å². The van der Waals surface area contributed by atoms with E-state index in [9.17, 15) is 4.79 Å². The van der Waals surface area contributed by atoms with Crippen LogP contribution in [-0.4, -0.2) is 46.0 Å². The van der Waals surface area contributed by atoms with E-state index < -0.39 is 0 Å². The summed E-state index contributed by atoms with van der Waals surface area (Å²) in [5.74, 6) is 0. The van der Waals surface area contributed by atoms with Crippen molar-refractivity contribution in [1.82, 2.24) is 25.2 Å². The van der Waals surface area contributed by atoms with Gasteiger partial charge in [-0.1, -0.05) is 12.8 Å². The Hall–Kier alpha value is -1.66. The van der Waals surface area contributed by atoms with Crippen LogP contribution in [0.25, 0.3) is 11.0 Å². The number of hydrogen-bond donors (Lipinski definition) is 3. The van der Waals surface area contributed by atoms with Crippen LogP contribution in [0.3, 0.4) is 0 Å². The third kappa shape index (κ3) is 4.42. The number of piperidine rings is 2. The largest absolute Gasteiger partial charge is 0.346 e. The van der Waals surface area contributed by atoms with Gasteiger partial charge in [0.05, 0.1) is 11.7 Å². The second kappa shape index (κ2) is 8.26. The molecule has 6 heteroatoms. The number of rotatable bonds is 2. The summed E-state index contributed by atoms with van der Waals surface area (Å²) in [6.07, 6.45) is 11.4. The van der Waals surface area contributed by atoms with Crippen molar-refractivity contribution in [2.24, 2.45) is 0 Å². The maximum atomic E-state index is 11.8. The SMILES string of the molecule is C1CCNCC1.O=c1[nH]cnc2[nH]cc(CN3CCCCC3)c12. The molecule has 0 aliphatic carbocycles. The summed E-state index contributed by atoms with van der Waals surface area (Å²) in [4.78, 5) is 24.0. The van der Waals surface area contributed by atoms with Crippen LogP contribution in [0, 0.1) is 0 Å². The zero-order chi connectivity index (χ0) is 15.9. The highest BCUT2D eigenvalue weighted by Crippen LogP contribution is 2.17. The molecule has 0 amide bonds. The molecule has 0 unspecified atom stereocenters. The van der Waals surface area contributed by atoms with E-state index in [-0.39, 0.29) is 5.56 Å². The fourth-order valence-electron chi connectivity index (χ4n) is 3.32. The minimum Gasteiger partial charge on any atom is -0.346 e. The molecule has 2 aromatic rings. The maximum Gasteiger partial charge on any atom is 0.260 e. The first kappa shape index (κ1) is 16.2. The Balaban J connectivity index is 0.000000220. The Bertz CT molecular complexity index is 641. The maximum absolute atomic E-state index is 11.8. The van der Waals surface area contributed by atoms with Crippen molar-refractivity contribution in [3.8, 4) is 0 Å². The molecule has 0 spiro atoms. The molecule has 0 atom stereocenters. The molecule has 2 aromatic heterocycles. The van der Waals surface area contributed by atoms with Gasteiger partial charge in [-0.15, -0.1) is 0 Å². The summed E-state index contributed by atoms with van der Waals surface area (Å²) in [5.41, 5.74) is 1.68. The van der Waals surface area contributed by atoms with E-state index in [1.165, 1.54) is 57.9 Å². The molecule has 2 saturated heterocycles. The summed E-state index contributed by atoms with van der Waals surface area (Å²) in [7, 11) is 0. The van der Waals surface area contributed by atoms with Gasteiger partial charge in [0.15, 0.2) is 0 Å². The van der Waals surface area contributed by atoms with Gasteiger partial charge in [0, 0.05) is 12.7 Å². The lowest BCUT2D eigenvalue weighted by Crippen LogP contribution is -2.29. The van der Waals surface area contributed by atoms with Crippen molar-refractivity contribution >= 4 is 11.0 Å². The zero-order valence-corrected chi connectivity index (χ0v) is 13.7. The third-order valence-electron chi connectivity index (χ3n) is 4.61. The van der Waals surface area contributed by atoms with Crippen molar-refractivity contribution in [2.75, 3.05) is 26.2 Å². The van der Waals surface area contributed by atoms with Gasteiger partial charge in [-0.3, -0.25) is 9.69 Å². The lowest BCUT2D eigenvalue weighted by Gasteiger charge is -2.25. The van der Waals surface area contributed by atoms with Crippen molar-refractivity contribution < 1.29 is 0 Å². The van der Waals surface area contributed by atoms with Crippen LogP contribution in [-0.2, 0) is 6.54 Å². The molecule has 3 N–H and O–H groups in total. The summed E-state index contributed by atoms with van der Waals surface area (Å²) >= 11 is 0. The third-order valence-corrected chi connectivity index (χ3v) is 4.61. The Morgan fingerprint density at radius 3 is 2.39 bits per heavy atom. The first-order valence-corrected chi connectivity index (χ1v) is 8.81. The zero-order valence-electron chi connectivity index (χ0n) is 13.7. The van der Waals surface area contributed by atoms with E-state index in [0.29, 0.717) is 11.0 Å². The standard InChI is InChI=1S/C12H16N4O.C5H11N/c17-12-10-9(6-13-11(10)14-8-15-12)7-16-4-2-1-3-5-16;1-2-4-6-5-3-1/h6,8H,1-5,7H2,(H2,13,14,15,17);6H,1-5H2. The molecule has 0 radical (unpaired) electrons. The van der Waals surface area contributed by atoms with Gasteiger partial charge in [-0.2, -0.15) is 0 Å². The first-order valence-electron chi connectivity index (χ1n) is 8.81. The molecule has 6 nitrogen and oxygen atoms in total. The average Bonchev–Trinajstić information content (AvgIpc) is 3.02. The van der Waals surface area contributed by atoms with Crippen molar-refractivity contribution in [3.63, 3.8) is 0 Å². The smallest absolute Gasteiger partial charge is 0.260 e. The molecule has 4 heterocycles. The molecule has 0 bridgehead atoms. The topological polar surface area (TPSA) is 76.8 Å². The highest BCUT2D eigenvalue weighted by molar-refractivity contribution is 5.78. The second-order valence-electron chi connectivity index (χ2n) is 6.42. The summed E-state index contributed by atoms with van der Waals surface area (Å²) < 4.78 is 0. The lowest BCUT2D eigenvalue weighted by molar-refractivity contribution is 0.221. The molecule has 0 aromatic carbocycles. The van der Waals surface area contributed by atoms with Crippen LogP contribution in [0.5, 0.6) is 0 Å². The van der Waals surface area contributed by atoms with E-state index >= 15 is 0 Å². The predicted molar refractivity (Wildman–Crippen MR) is 92.6 cm³/mol. The molecule has 2 aliphatic rings. The van der Waals surface area contributed by atoms with Gasteiger partial charge in [0.1, 0.15) is 5.65 Å². The molecule has 0 saturated carbocycles. The van der Waals surface area contributed by atoms with E-state index in [1.807, 2.05) is 6.20 Å². The monoisotopic (exact) mass is 317 g/mol. The molecular weight excluding hydrogens is 290 g/mol. The van der Waals surface area contributed by atoms with E-state index in [4.69, 9.17) is 0 Å². The van der Waals surface area contributed by atoms with Crippen LogP contribution in [0.1, 0.15) is 44.1 Å². The fourth-order valence-corrected chi connectivity index (χ4v) is 3.32. The Kier molecular flexibility index (Phi) is 5.82. The number of hydrogen-bond acceptors (Lipinski definition) is 4. The number of H-pyrrole nitrogens is 2. The van der Waals surface area contributed by atoms with Gasteiger partial charge in [0.2, 0.25) is 0 Å². The Labute approximate surface area is 136 Å². The minimum atomic E-state index is -0.0525. The van der Waals surface area contributed by atoms with Gasteiger partial charge in [-0.05, 0) is 57.4 Å². The lowest BCUT2D eigenvalue weighted by atomic mass is 10.1. The molecule has 4 rings (SSSR count). The van der Waals surface area contributed by atoms with Gasteiger partial charge < -0.3 is 15.3 Å². The fraction of sp³-hybridized carbons (Fsp3) is 0.647. The molecular formula is C17H27N5O. The second-order valence-corrected chi connectivity index (χ2v) is 6.42. The Morgan fingerprint density at radius 2 is 1.74 bits per heavy atom. The van der Waals surface area contributed by atoms with Crippen molar-refractivity contribution in [2.45, 2.75) is 45.1 Å². The number of aromatic amines is 2. The van der Waals surface area contributed by atoms with Crippen LogP contribution in [0.4, 0.5) is 0 Å². The predicted octanol–water partition coefficient (Wildman–Crippen LogP) is 2.00. The van der Waals surface area contributed by atoms with Crippen molar-refractivity contribution in [1.29, 1.82) is 0 Å². The highest BCUT2D eigenvalue weighted by Gasteiger charge is 2.14. The average molecular weight is 317 g/mol. The van der Waals surface area contributed by atoms with E-state index in [2.05, 4.69) is 25.2 Å². The van der Waals surface area contributed by atoms with Crippen LogP contribution in [0.2, 0.25) is 0 Å². The van der Waals surface area contributed by atoms with Gasteiger partial charge in [-0.25, -0.2) is 4.98 Å². The quantitative estimate of drug-likeness (QED) is 0.792. The molecule has 126 valence electrons. The molecule has 23 heavy (non-hydrogen) atoms. The van der Waals surface area contributed by atoms with E-state index in [0.717, 1.165) is 25.2 Å².